The van der Waals surface area contributed by atoms with Crippen LogP contribution >= 0.6 is 0 Å². The zero-order valence-electron chi connectivity index (χ0n) is 50.9. The van der Waals surface area contributed by atoms with Crippen molar-refractivity contribution in [2.75, 3.05) is 101 Å². The smallest absolute Gasteiger partial charge is 0.264 e. The van der Waals surface area contributed by atoms with Crippen molar-refractivity contribution in [2.24, 2.45) is 0 Å². The third-order valence-corrected chi connectivity index (χ3v) is 18.0. The van der Waals surface area contributed by atoms with Crippen molar-refractivity contribution in [2.45, 2.75) is 134 Å². The molecular weight excluding hydrogens is 1130 g/mol. The third-order valence-electron chi connectivity index (χ3n) is 18.0. The number of anilines is 4. The van der Waals surface area contributed by atoms with Gasteiger partial charge < -0.3 is 54.2 Å². The lowest BCUT2D eigenvalue weighted by Crippen LogP contribution is -2.58. The Hall–Kier alpha value is -7.70. The predicted octanol–water partition coefficient (Wildman–Crippen LogP) is 7.20. The molecule has 0 radical (unpaired) electrons. The molecule has 88 heavy (non-hydrogen) atoms. The Bertz CT molecular complexity index is 3480. The van der Waals surface area contributed by atoms with Crippen molar-refractivity contribution < 1.29 is 56.9 Å². The summed E-state index contributed by atoms with van der Waals surface area (Å²) in [5.41, 5.74) is 5.57. The molecule has 4 N–H and O–H groups in total. The van der Waals surface area contributed by atoms with Gasteiger partial charge in [-0.15, -0.1) is 0 Å². The first-order valence-corrected chi connectivity index (χ1v) is 31.2. The number of aromatic nitrogens is 3. The standard InChI is InChI=1S/C65H80FN11O11/c1-39(2)69-60(80)46-36-51(48(66)32-41(46)5)71-59-58-52(68-38-75(58)40(3)4)37-50(70-59)42-12-13-47-54(33-42)76(44-34-43(35-44)73-20-7-6-8-21-73)64(84)65(47)17-22-74(23-18-65)56(79)16-24-85-26-28-87-30-31-88-29-27-86-25-19-67-49-11-9-10-45-57(49)63(83)77(62(45)82)53-14-15-55(78)72-61(53)81/h9-13,32-33,36-40,43-44,53,67H,6-8,14-31,34-35H2,1-5H3,(H,69,80)(H,70,71)(H,72,78,81). The van der Waals surface area contributed by atoms with E-state index in [1.54, 1.807) is 31.5 Å². The van der Waals surface area contributed by atoms with Crippen LogP contribution in [0.2, 0.25) is 0 Å². The Morgan fingerprint density at radius 3 is 2.18 bits per heavy atom. The largest absolute Gasteiger partial charge is 0.382 e. The highest BCUT2D eigenvalue weighted by molar-refractivity contribution is 6.25. The van der Waals surface area contributed by atoms with Crippen LogP contribution in [-0.4, -0.2) is 180 Å². The second-order valence-electron chi connectivity index (χ2n) is 24.4. The lowest BCUT2D eigenvalue weighted by atomic mass is 9.73. The number of amides is 7. The molecule has 1 atom stereocenters. The molecule has 22 nitrogen and oxygen atoms in total. The number of rotatable bonds is 25. The highest BCUT2D eigenvalue weighted by atomic mass is 19.1. The molecule has 5 aliphatic heterocycles. The fourth-order valence-electron chi connectivity index (χ4n) is 13.3. The number of carbonyl (C=O) groups excluding carboxylic acids is 7. The molecule has 6 aliphatic rings. The number of nitrogens with one attached hydrogen (secondary N) is 4. The normalized spacial score (nSPS) is 20.1. The minimum Gasteiger partial charge on any atom is -0.382 e. The minimum absolute atomic E-state index is 0.00711. The van der Waals surface area contributed by atoms with Gasteiger partial charge in [0.2, 0.25) is 23.6 Å². The van der Waals surface area contributed by atoms with Crippen molar-refractivity contribution in [3.63, 3.8) is 0 Å². The van der Waals surface area contributed by atoms with Crippen LogP contribution in [0.25, 0.3) is 22.3 Å². The van der Waals surface area contributed by atoms with Gasteiger partial charge in [-0.3, -0.25) is 43.8 Å². The number of imide groups is 2. The van der Waals surface area contributed by atoms with Crippen LogP contribution in [0.15, 0.2) is 60.9 Å². The van der Waals surface area contributed by atoms with Crippen molar-refractivity contribution in [1.29, 1.82) is 0 Å². The number of ether oxygens (including phenoxy) is 4. The summed E-state index contributed by atoms with van der Waals surface area (Å²) in [5, 5.41) is 11.5. The molecular formula is C65H80FN11O11. The van der Waals surface area contributed by atoms with Gasteiger partial charge in [-0.2, -0.15) is 0 Å². The fourth-order valence-corrected chi connectivity index (χ4v) is 13.3. The third kappa shape index (κ3) is 12.8. The van der Waals surface area contributed by atoms with E-state index in [9.17, 15) is 28.8 Å². The van der Waals surface area contributed by atoms with Crippen LogP contribution in [0.1, 0.15) is 140 Å². The SMILES string of the molecule is Cc1cc(F)c(Nc2nc(-c3ccc4c(c3)N(C3CC(N5CCCCC5)C3)C(=O)C43CCN(C(=O)CCOCCOCCOCCOCCNc4cccc5c4C(=O)N(C4CCC(=O)NC4=O)C5=O)CC3)cc3ncn(C(C)C)c23)cc1C(=O)NC(C)C. The summed E-state index contributed by atoms with van der Waals surface area (Å²) in [6, 6.07) is 15.2. The number of halogens is 1. The van der Waals surface area contributed by atoms with Gasteiger partial charge in [-0.1, -0.05) is 24.6 Å². The molecule has 1 spiro atoms. The Labute approximate surface area is 511 Å². The number of hydrogen-bond acceptors (Lipinski definition) is 16. The molecule has 468 valence electrons. The maximum absolute atomic E-state index is 15.9. The van der Waals surface area contributed by atoms with E-state index in [2.05, 4.69) is 43.2 Å². The van der Waals surface area contributed by atoms with E-state index in [4.69, 9.17) is 28.9 Å². The zero-order valence-corrected chi connectivity index (χ0v) is 50.9. The van der Waals surface area contributed by atoms with Crippen molar-refractivity contribution in [1.82, 2.24) is 39.9 Å². The molecule has 3 saturated heterocycles. The zero-order chi connectivity index (χ0) is 61.8. The summed E-state index contributed by atoms with van der Waals surface area (Å²) < 4.78 is 40.7. The van der Waals surface area contributed by atoms with Gasteiger partial charge in [0.05, 0.1) is 99.0 Å². The molecule has 1 unspecified atom stereocenters. The molecule has 1 saturated carbocycles. The van der Waals surface area contributed by atoms with Gasteiger partial charge in [0.25, 0.3) is 17.7 Å². The first kappa shape index (κ1) is 61.9. The number of pyridine rings is 1. The van der Waals surface area contributed by atoms with Gasteiger partial charge in [0.1, 0.15) is 17.4 Å². The number of hydrogen-bond donors (Lipinski definition) is 4. The minimum atomic E-state index is -1.04. The van der Waals surface area contributed by atoms with E-state index in [0.29, 0.717) is 124 Å². The van der Waals surface area contributed by atoms with Gasteiger partial charge >= 0.3 is 0 Å². The monoisotopic (exact) mass is 1210 g/mol. The Morgan fingerprint density at radius 2 is 1.49 bits per heavy atom. The maximum Gasteiger partial charge on any atom is 0.264 e. The number of piperidine rings is 3. The first-order chi connectivity index (χ1) is 42.5. The summed E-state index contributed by atoms with van der Waals surface area (Å²) in [6.45, 7) is 15.4. The second kappa shape index (κ2) is 27.0. The van der Waals surface area contributed by atoms with Crippen LogP contribution in [0.5, 0.6) is 0 Å². The van der Waals surface area contributed by atoms with Crippen molar-refractivity contribution >= 4 is 75.3 Å². The second-order valence-corrected chi connectivity index (χ2v) is 24.4. The summed E-state index contributed by atoms with van der Waals surface area (Å²) in [5.74, 6) is -2.62. The van der Waals surface area contributed by atoms with E-state index >= 15 is 9.18 Å². The molecule has 3 aromatic carbocycles. The average Bonchev–Trinajstić information content (AvgIpc) is 1.58. The van der Waals surface area contributed by atoms with Gasteiger partial charge in [0, 0.05) is 72.7 Å². The molecule has 1 aliphatic carbocycles. The highest BCUT2D eigenvalue weighted by Gasteiger charge is 2.56. The van der Waals surface area contributed by atoms with E-state index in [-0.39, 0.29) is 78.5 Å². The van der Waals surface area contributed by atoms with E-state index in [1.807, 2.05) is 49.3 Å². The summed E-state index contributed by atoms with van der Waals surface area (Å²) in [7, 11) is 0. The lowest BCUT2D eigenvalue weighted by Gasteiger charge is -2.48. The first-order valence-electron chi connectivity index (χ1n) is 31.2. The van der Waals surface area contributed by atoms with Crippen molar-refractivity contribution in [3.05, 3.63) is 94.6 Å². The van der Waals surface area contributed by atoms with Gasteiger partial charge in [-0.05, 0) is 140 Å². The number of nitrogens with zero attached hydrogens (tertiary/aromatic N) is 7. The molecule has 23 heteroatoms. The molecule has 2 aromatic heterocycles. The molecule has 5 aromatic rings. The molecule has 7 heterocycles. The lowest BCUT2D eigenvalue weighted by molar-refractivity contribution is -0.137. The van der Waals surface area contributed by atoms with Crippen LogP contribution in [0.3, 0.4) is 0 Å². The number of imidazole rings is 1. The topological polar surface area (TPSA) is 248 Å². The fraction of sp³-hybridized carbons (Fsp3) is 0.523. The molecule has 4 fully saturated rings. The maximum atomic E-state index is 15.9. The molecule has 11 rings (SSSR count). The van der Waals surface area contributed by atoms with Crippen molar-refractivity contribution in [3.8, 4) is 11.3 Å². The quantitative estimate of drug-likeness (QED) is 0.0333. The number of benzene rings is 3. The van der Waals surface area contributed by atoms with E-state index in [1.165, 1.54) is 31.4 Å². The number of fused-ring (bicyclic) bond motifs is 4. The molecule has 7 amide bonds. The van der Waals surface area contributed by atoms with Crippen LogP contribution < -0.4 is 26.2 Å². The number of carbonyl (C=O) groups is 7. The number of aryl methyl sites for hydroxylation is 1. The Kier molecular flexibility index (Phi) is 19.0. The Balaban J connectivity index is 0.651. The predicted molar refractivity (Wildman–Crippen MR) is 327 cm³/mol. The van der Waals surface area contributed by atoms with Crippen LogP contribution in [-0.2, 0) is 43.5 Å². The summed E-state index contributed by atoms with van der Waals surface area (Å²) in [4.78, 5) is 110. The van der Waals surface area contributed by atoms with Gasteiger partial charge in [-0.25, -0.2) is 14.4 Å². The van der Waals surface area contributed by atoms with E-state index < -0.39 is 40.9 Å². The summed E-state index contributed by atoms with van der Waals surface area (Å²) >= 11 is 0. The van der Waals surface area contributed by atoms with Gasteiger partial charge in [0.15, 0.2) is 5.82 Å². The molecule has 0 bridgehead atoms. The summed E-state index contributed by atoms with van der Waals surface area (Å²) in [6.07, 6.45) is 8.50. The van der Waals surface area contributed by atoms with E-state index in [0.717, 1.165) is 47.6 Å². The number of likely N-dealkylation sites (tertiary alicyclic amines) is 2. The average molecular weight is 1210 g/mol. The van der Waals surface area contributed by atoms with Crippen LogP contribution in [0, 0.1) is 12.7 Å². The highest BCUT2D eigenvalue weighted by Crippen LogP contribution is 2.52. The Morgan fingerprint density at radius 1 is 0.784 bits per heavy atom. The van der Waals surface area contributed by atoms with Crippen LogP contribution in [0.4, 0.5) is 27.3 Å².